The maximum atomic E-state index is 13.3. The molecule has 33 heavy (non-hydrogen) atoms. The van der Waals surface area contributed by atoms with E-state index in [0.29, 0.717) is 5.56 Å². The molecule has 0 aromatic heterocycles. The molecule has 0 radical (unpaired) electrons. The van der Waals surface area contributed by atoms with Crippen molar-refractivity contribution in [3.05, 3.63) is 94.5 Å². The first-order valence-corrected chi connectivity index (χ1v) is 11.2. The number of carboxylic acid groups (broad SMARTS) is 1. The van der Waals surface area contributed by atoms with Gasteiger partial charge < -0.3 is 9.84 Å². The zero-order valence-electron chi connectivity index (χ0n) is 19.5. The summed E-state index contributed by atoms with van der Waals surface area (Å²) in [4.78, 5) is 27.1. The van der Waals surface area contributed by atoms with E-state index in [9.17, 15) is 14.7 Å². The number of carbonyl (C=O) groups excluding carboxylic acids is 1. The molecule has 0 aliphatic heterocycles. The summed E-state index contributed by atoms with van der Waals surface area (Å²) in [6, 6.07) is 21.9. The molecule has 0 saturated heterocycles. The molecular weight excluding hydrogens is 414 g/mol. The number of carboxylic acids is 1. The first-order chi connectivity index (χ1) is 15.8. The van der Waals surface area contributed by atoms with Crippen molar-refractivity contribution < 1.29 is 19.4 Å². The summed E-state index contributed by atoms with van der Waals surface area (Å²) in [6.45, 7) is 7.52. The molecule has 170 valence electrons. The Bertz CT molecular complexity index is 1150. The highest BCUT2D eigenvalue weighted by atomic mass is 16.6. The van der Waals surface area contributed by atoms with Crippen LogP contribution in [-0.4, -0.2) is 35.2 Å². The van der Waals surface area contributed by atoms with Crippen LogP contribution < -0.4 is 0 Å². The van der Waals surface area contributed by atoms with Crippen LogP contribution in [-0.2, 0) is 15.1 Å². The molecule has 1 atom stereocenters. The van der Waals surface area contributed by atoms with Gasteiger partial charge in [0.05, 0.1) is 0 Å². The Morgan fingerprint density at radius 1 is 0.939 bits per heavy atom. The van der Waals surface area contributed by atoms with Crippen LogP contribution in [0.5, 0.6) is 0 Å². The second-order valence-corrected chi connectivity index (χ2v) is 8.80. The van der Waals surface area contributed by atoms with E-state index in [0.717, 1.165) is 33.4 Å². The molecule has 1 amide bonds. The largest absolute Gasteiger partial charge is 0.479 e. The van der Waals surface area contributed by atoms with Gasteiger partial charge in [-0.15, -0.1) is 0 Å². The zero-order valence-corrected chi connectivity index (χ0v) is 19.5. The fourth-order valence-corrected chi connectivity index (χ4v) is 4.95. The number of benzene rings is 3. The van der Waals surface area contributed by atoms with Crippen molar-refractivity contribution in [2.45, 2.75) is 39.2 Å². The lowest BCUT2D eigenvalue weighted by atomic mass is 9.88. The molecule has 5 heteroatoms. The van der Waals surface area contributed by atoms with Gasteiger partial charge in [0.25, 0.3) is 0 Å². The number of aliphatic carboxylic acids is 1. The molecule has 3 aromatic carbocycles. The Kier molecular flexibility index (Phi) is 5.98. The van der Waals surface area contributed by atoms with Crippen LogP contribution in [0.4, 0.5) is 4.79 Å². The number of carbonyl (C=O) groups is 2. The summed E-state index contributed by atoms with van der Waals surface area (Å²) in [6.07, 6.45) is -0.636. The fraction of sp³-hybridized carbons (Fsp3) is 0.286. The average Bonchev–Trinajstić information content (AvgIpc) is 3.11. The predicted octanol–water partition coefficient (Wildman–Crippen LogP) is 5.87. The molecule has 1 N–H and O–H groups in total. The van der Waals surface area contributed by atoms with Crippen molar-refractivity contribution in [2.75, 3.05) is 13.2 Å². The molecule has 5 nitrogen and oxygen atoms in total. The number of hydrogen-bond donors (Lipinski definition) is 1. The Labute approximate surface area is 194 Å². The van der Waals surface area contributed by atoms with Crippen LogP contribution in [0.2, 0.25) is 0 Å². The van der Waals surface area contributed by atoms with Crippen LogP contribution in [0.1, 0.15) is 47.6 Å². The summed E-state index contributed by atoms with van der Waals surface area (Å²) < 4.78 is 5.79. The van der Waals surface area contributed by atoms with Crippen LogP contribution in [0.15, 0.2) is 66.7 Å². The standard InChI is InChI=1S/C28H29NO4/c1-5-29(28(4,26(30)31)20-15-18(2)14-19(3)16-20)27(32)33-17-25-23-12-8-6-10-21(23)22-11-7-9-13-24(22)25/h6-16,25H,5,17H2,1-4H3,(H,30,31). The van der Waals surface area contributed by atoms with Gasteiger partial charge in [-0.05, 0) is 55.5 Å². The van der Waals surface area contributed by atoms with Gasteiger partial charge in [-0.1, -0.05) is 77.9 Å². The predicted molar refractivity (Wildman–Crippen MR) is 128 cm³/mol. The highest BCUT2D eigenvalue weighted by Crippen LogP contribution is 2.44. The highest BCUT2D eigenvalue weighted by Gasteiger charge is 2.45. The summed E-state index contributed by atoms with van der Waals surface area (Å²) in [5, 5.41) is 10.2. The average molecular weight is 444 g/mol. The van der Waals surface area contributed by atoms with Gasteiger partial charge in [-0.3, -0.25) is 4.90 Å². The van der Waals surface area contributed by atoms with Gasteiger partial charge in [0.15, 0.2) is 5.54 Å². The van der Waals surface area contributed by atoms with E-state index < -0.39 is 17.6 Å². The minimum atomic E-state index is -1.55. The number of fused-ring (bicyclic) bond motifs is 3. The number of hydrogen-bond acceptors (Lipinski definition) is 3. The molecule has 1 aliphatic rings. The summed E-state index contributed by atoms with van der Waals surface area (Å²) in [7, 11) is 0. The van der Waals surface area contributed by atoms with E-state index in [1.54, 1.807) is 13.8 Å². The molecular formula is C28H29NO4. The molecule has 0 heterocycles. The van der Waals surface area contributed by atoms with E-state index in [2.05, 4.69) is 24.3 Å². The molecule has 1 unspecified atom stereocenters. The third kappa shape index (κ3) is 3.88. The van der Waals surface area contributed by atoms with Crippen LogP contribution >= 0.6 is 0 Å². The molecule has 0 spiro atoms. The maximum Gasteiger partial charge on any atom is 0.411 e. The second kappa shape index (κ2) is 8.74. The summed E-state index contributed by atoms with van der Waals surface area (Å²) in [5.41, 5.74) is 5.42. The number of rotatable bonds is 6. The lowest BCUT2D eigenvalue weighted by molar-refractivity contribution is -0.150. The minimum Gasteiger partial charge on any atom is -0.479 e. The fourth-order valence-electron chi connectivity index (χ4n) is 4.95. The van der Waals surface area contributed by atoms with Gasteiger partial charge in [0.2, 0.25) is 0 Å². The Morgan fingerprint density at radius 2 is 1.45 bits per heavy atom. The van der Waals surface area contributed by atoms with Crippen molar-refractivity contribution in [2.24, 2.45) is 0 Å². The van der Waals surface area contributed by atoms with E-state index in [1.165, 1.54) is 4.90 Å². The lowest BCUT2D eigenvalue weighted by Crippen LogP contribution is -2.53. The quantitative estimate of drug-likeness (QED) is 0.517. The normalized spacial score (nSPS) is 14.2. The minimum absolute atomic E-state index is 0.0858. The first-order valence-electron chi connectivity index (χ1n) is 11.2. The molecule has 0 bridgehead atoms. The SMILES string of the molecule is CCN(C(=O)OCC1c2ccccc2-c2ccccc21)C(C)(C(=O)O)c1cc(C)cc(C)c1. The lowest BCUT2D eigenvalue weighted by Gasteiger charge is -2.37. The molecule has 1 aliphatic carbocycles. The Morgan fingerprint density at radius 3 is 1.94 bits per heavy atom. The molecule has 3 aromatic rings. The van der Waals surface area contributed by atoms with E-state index >= 15 is 0 Å². The zero-order chi connectivity index (χ0) is 23.8. The van der Waals surface area contributed by atoms with Crippen LogP contribution in [0, 0.1) is 13.8 Å². The van der Waals surface area contributed by atoms with Gasteiger partial charge in [-0.2, -0.15) is 0 Å². The van der Waals surface area contributed by atoms with E-state index in [1.807, 2.05) is 56.3 Å². The monoisotopic (exact) mass is 443 g/mol. The first kappa shape index (κ1) is 22.6. The molecule has 0 fully saturated rings. The third-order valence-corrected chi connectivity index (χ3v) is 6.61. The number of amides is 1. The topological polar surface area (TPSA) is 66.8 Å². The highest BCUT2D eigenvalue weighted by molar-refractivity contribution is 5.86. The van der Waals surface area contributed by atoms with Gasteiger partial charge >= 0.3 is 12.1 Å². The van der Waals surface area contributed by atoms with Gasteiger partial charge in [0, 0.05) is 12.5 Å². The Hall–Kier alpha value is -3.60. The third-order valence-electron chi connectivity index (χ3n) is 6.61. The van der Waals surface area contributed by atoms with Crippen molar-refractivity contribution in [3.63, 3.8) is 0 Å². The van der Waals surface area contributed by atoms with Crippen molar-refractivity contribution in [1.29, 1.82) is 0 Å². The molecule has 0 saturated carbocycles. The second-order valence-electron chi connectivity index (χ2n) is 8.80. The van der Waals surface area contributed by atoms with Crippen molar-refractivity contribution >= 4 is 12.1 Å². The number of likely N-dealkylation sites (N-methyl/N-ethyl adjacent to an activating group) is 1. The van der Waals surface area contributed by atoms with Gasteiger partial charge in [0.1, 0.15) is 6.61 Å². The van der Waals surface area contributed by atoms with Crippen molar-refractivity contribution in [1.82, 2.24) is 4.90 Å². The van der Waals surface area contributed by atoms with E-state index in [4.69, 9.17) is 4.74 Å². The molecule has 4 rings (SSSR count). The number of aryl methyl sites for hydroxylation is 2. The smallest absolute Gasteiger partial charge is 0.411 e. The number of ether oxygens (including phenoxy) is 1. The summed E-state index contributed by atoms with van der Waals surface area (Å²) >= 11 is 0. The van der Waals surface area contributed by atoms with Crippen molar-refractivity contribution in [3.8, 4) is 11.1 Å². The van der Waals surface area contributed by atoms with E-state index in [-0.39, 0.29) is 19.1 Å². The summed E-state index contributed by atoms with van der Waals surface area (Å²) in [5.74, 6) is -1.18. The Balaban J connectivity index is 1.62. The van der Waals surface area contributed by atoms with Crippen LogP contribution in [0.25, 0.3) is 11.1 Å². The van der Waals surface area contributed by atoms with Gasteiger partial charge in [-0.25, -0.2) is 9.59 Å². The van der Waals surface area contributed by atoms with Crippen LogP contribution in [0.3, 0.4) is 0 Å². The number of nitrogens with zero attached hydrogens (tertiary/aromatic N) is 1. The maximum absolute atomic E-state index is 13.3.